The minimum absolute atomic E-state index is 0.394. The summed E-state index contributed by atoms with van der Waals surface area (Å²) < 4.78 is 5.45. The summed E-state index contributed by atoms with van der Waals surface area (Å²) in [6.45, 7) is 2.82. The van der Waals surface area contributed by atoms with Gasteiger partial charge in [0, 0.05) is 6.54 Å². The molecule has 1 fully saturated rings. The van der Waals surface area contributed by atoms with E-state index in [1.807, 2.05) is 13.0 Å². The lowest BCUT2D eigenvalue weighted by Gasteiger charge is -2.33. The van der Waals surface area contributed by atoms with Crippen molar-refractivity contribution in [3.8, 4) is 5.75 Å². The van der Waals surface area contributed by atoms with Gasteiger partial charge in [0.1, 0.15) is 11.8 Å². The second-order valence-corrected chi connectivity index (χ2v) is 4.90. The summed E-state index contributed by atoms with van der Waals surface area (Å²) in [5, 5.41) is 12.0. The molecule has 0 aromatic heterocycles. The number of nitrogens with one attached hydrogen (secondary N) is 1. The number of likely N-dealkylation sites (tertiary alicyclic amines) is 1. The number of piperidine rings is 1. The number of aliphatic carboxylic acids is 1. The summed E-state index contributed by atoms with van der Waals surface area (Å²) in [5.74, 6) is -0.375. The van der Waals surface area contributed by atoms with Crippen molar-refractivity contribution in [1.29, 1.82) is 0 Å². The summed E-state index contributed by atoms with van der Waals surface area (Å²) >= 11 is 0. The van der Waals surface area contributed by atoms with E-state index in [9.17, 15) is 14.7 Å². The average molecular weight is 292 g/mol. The highest BCUT2D eigenvalue weighted by Gasteiger charge is 2.32. The highest BCUT2D eigenvalue weighted by Crippen LogP contribution is 2.25. The van der Waals surface area contributed by atoms with Gasteiger partial charge < -0.3 is 20.1 Å². The molecule has 0 radical (unpaired) electrons. The van der Waals surface area contributed by atoms with Crippen molar-refractivity contribution in [2.45, 2.75) is 32.2 Å². The number of ether oxygens (including phenoxy) is 1. The highest BCUT2D eigenvalue weighted by molar-refractivity contribution is 5.93. The second-order valence-electron chi connectivity index (χ2n) is 4.90. The van der Waals surface area contributed by atoms with Crippen LogP contribution in [0.15, 0.2) is 24.3 Å². The maximum Gasteiger partial charge on any atom is 0.326 e. The number of urea groups is 1. The van der Waals surface area contributed by atoms with E-state index >= 15 is 0 Å². The molecule has 1 aliphatic rings. The van der Waals surface area contributed by atoms with Crippen molar-refractivity contribution in [3.05, 3.63) is 24.3 Å². The molecule has 6 nitrogen and oxygen atoms in total. The summed E-state index contributed by atoms with van der Waals surface area (Å²) in [7, 11) is 0. The minimum atomic E-state index is -0.956. The Morgan fingerprint density at radius 1 is 1.38 bits per heavy atom. The first-order chi connectivity index (χ1) is 10.1. The minimum Gasteiger partial charge on any atom is -0.492 e. The van der Waals surface area contributed by atoms with Gasteiger partial charge in [0.05, 0.1) is 12.3 Å². The van der Waals surface area contributed by atoms with Gasteiger partial charge in [0.15, 0.2) is 0 Å². The molecule has 1 unspecified atom stereocenters. The lowest BCUT2D eigenvalue weighted by molar-refractivity contribution is -0.143. The Hall–Kier alpha value is -2.24. The van der Waals surface area contributed by atoms with Gasteiger partial charge in [0.2, 0.25) is 0 Å². The third-order valence-electron chi connectivity index (χ3n) is 3.48. The van der Waals surface area contributed by atoms with Crippen LogP contribution in [0.5, 0.6) is 5.75 Å². The van der Waals surface area contributed by atoms with Crippen molar-refractivity contribution >= 4 is 17.7 Å². The van der Waals surface area contributed by atoms with Crippen molar-refractivity contribution in [3.63, 3.8) is 0 Å². The molecule has 0 bridgehead atoms. The molecule has 6 heteroatoms. The summed E-state index contributed by atoms with van der Waals surface area (Å²) in [4.78, 5) is 25.0. The molecule has 0 spiro atoms. The molecule has 1 atom stereocenters. The Bertz CT molecular complexity index is 518. The number of hydrogen-bond acceptors (Lipinski definition) is 3. The van der Waals surface area contributed by atoms with Crippen LogP contribution in [0.4, 0.5) is 10.5 Å². The molecule has 114 valence electrons. The summed E-state index contributed by atoms with van der Waals surface area (Å²) in [6.07, 6.45) is 2.15. The third kappa shape index (κ3) is 3.65. The fourth-order valence-electron chi connectivity index (χ4n) is 2.47. The van der Waals surface area contributed by atoms with Crippen molar-refractivity contribution < 1.29 is 19.4 Å². The normalized spacial score (nSPS) is 18.1. The van der Waals surface area contributed by atoms with E-state index < -0.39 is 18.0 Å². The van der Waals surface area contributed by atoms with Crippen molar-refractivity contribution in [1.82, 2.24) is 4.90 Å². The van der Waals surface area contributed by atoms with Crippen molar-refractivity contribution in [2.75, 3.05) is 18.5 Å². The first-order valence-corrected chi connectivity index (χ1v) is 7.15. The molecule has 1 heterocycles. The Labute approximate surface area is 123 Å². The first kappa shape index (κ1) is 15.2. The van der Waals surface area contributed by atoms with Crippen LogP contribution in [0.3, 0.4) is 0 Å². The standard InChI is InChI=1S/C15H20N2O4/c1-2-21-13-9-4-3-7-11(13)16-15(20)17-10-6-5-8-12(17)14(18)19/h3-4,7,9,12H,2,5-6,8,10H2,1H3,(H,16,20)(H,18,19). The Morgan fingerprint density at radius 2 is 2.14 bits per heavy atom. The number of rotatable bonds is 4. The number of carboxylic acids is 1. The lowest BCUT2D eigenvalue weighted by Crippen LogP contribution is -2.49. The number of carboxylic acid groups (broad SMARTS) is 1. The van der Waals surface area contributed by atoms with E-state index in [0.29, 0.717) is 31.0 Å². The molecule has 0 aliphatic carbocycles. The van der Waals surface area contributed by atoms with Crippen LogP contribution < -0.4 is 10.1 Å². The Kier molecular flexibility index (Phi) is 5.03. The summed E-state index contributed by atoms with van der Waals surface area (Å²) in [6, 6.07) is 5.98. The number of carbonyl (C=O) groups is 2. The monoisotopic (exact) mass is 292 g/mol. The van der Waals surface area contributed by atoms with Crippen LogP contribution in [0.2, 0.25) is 0 Å². The Balaban J connectivity index is 2.11. The topological polar surface area (TPSA) is 78.9 Å². The largest absolute Gasteiger partial charge is 0.492 e. The fourth-order valence-corrected chi connectivity index (χ4v) is 2.47. The highest BCUT2D eigenvalue weighted by atomic mass is 16.5. The zero-order valence-corrected chi connectivity index (χ0v) is 12.0. The number of nitrogens with zero attached hydrogens (tertiary/aromatic N) is 1. The van der Waals surface area contributed by atoms with E-state index in [1.165, 1.54) is 4.90 Å². The molecule has 2 rings (SSSR count). The zero-order valence-electron chi connectivity index (χ0n) is 12.0. The number of para-hydroxylation sites is 2. The SMILES string of the molecule is CCOc1ccccc1NC(=O)N1CCCCC1C(=O)O. The van der Waals surface area contributed by atoms with Gasteiger partial charge in [-0.3, -0.25) is 0 Å². The van der Waals surface area contributed by atoms with Gasteiger partial charge >= 0.3 is 12.0 Å². The van der Waals surface area contributed by atoms with Crippen molar-refractivity contribution in [2.24, 2.45) is 0 Å². The third-order valence-corrected chi connectivity index (χ3v) is 3.48. The van der Waals surface area contributed by atoms with E-state index in [4.69, 9.17) is 4.74 Å². The van der Waals surface area contributed by atoms with Crippen LogP contribution in [-0.4, -0.2) is 41.2 Å². The van der Waals surface area contributed by atoms with Gasteiger partial charge in [-0.2, -0.15) is 0 Å². The fraction of sp³-hybridized carbons (Fsp3) is 0.467. The molecule has 2 N–H and O–H groups in total. The van der Waals surface area contributed by atoms with Crippen LogP contribution in [-0.2, 0) is 4.79 Å². The lowest BCUT2D eigenvalue weighted by atomic mass is 10.0. The average Bonchev–Trinajstić information content (AvgIpc) is 2.49. The molecule has 1 saturated heterocycles. The molecule has 21 heavy (non-hydrogen) atoms. The van der Waals surface area contributed by atoms with Crippen LogP contribution in [0.1, 0.15) is 26.2 Å². The number of anilines is 1. The van der Waals surface area contributed by atoms with Crippen LogP contribution in [0, 0.1) is 0 Å². The number of hydrogen-bond donors (Lipinski definition) is 2. The van der Waals surface area contributed by atoms with Gasteiger partial charge in [-0.15, -0.1) is 0 Å². The van der Waals surface area contributed by atoms with Crippen LogP contribution >= 0.6 is 0 Å². The van der Waals surface area contributed by atoms with E-state index in [1.54, 1.807) is 18.2 Å². The second kappa shape index (κ2) is 6.97. The summed E-state index contributed by atoms with van der Waals surface area (Å²) in [5.41, 5.74) is 0.555. The van der Waals surface area contributed by atoms with Gasteiger partial charge in [0.25, 0.3) is 0 Å². The molecule has 0 saturated carbocycles. The quantitative estimate of drug-likeness (QED) is 0.894. The van der Waals surface area contributed by atoms with E-state index in [0.717, 1.165) is 12.8 Å². The van der Waals surface area contributed by atoms with E-state index in [-0.39, 0.29) is 0 Å². The van der Waals surface area contributed by atoms with Crippen LogP contribution in [0.25, 0.3) is 0 Å². The molecular formula is C15H20N2O4. The first-order valence-electron chi connectivity index (χ1n) is 7.15. The molecule has 2 amide bonds. The predicted molar refractivity (Wildman–Crippen MR) is 78.6 cm³/mol. The maximum atomic E-state index is 12.3. The molecule has 1 aromatic rings. The van der Waals surface area contributed by atoms with Gasteiger partial charge in [-0.25, -0.2) is 9.59 Å². The van der Waals surface area contributed by atoms with E-state index in [2.05, 4.69) is 5.32 Å². The predicted octanol–water partition coefficient (Wildman–Crippen LogP) is 2.56. The smallest absolute Gasteiger partial charge is 0.326 e. The molecule has 1 aromatic carbocycles. The van der Waals surface area contributed by atoms with Gasteiger partial charge in [-0.05, 0) is 38.3 Å². The van der Waals surface area contributed by atoms with Gasteiger partial charge in [-0.1, -0.05) is 12.1 Å². The number of amides is 2. The number of benzene rings is 1. The number of carbonyl (C=O) groups excluding carboxylic acids is 1. The maximum absolute atomic E-state index is 12.3. The molecular weight excluding hydrogens is 272 g/mol. The molecule has 1 aliphatic heterocycles. The zero-order chi connectivity index (χ0) is 15.2. The Morgan fingerprint density at radius 3 is 2.86 bits per heavy atom.